The molecule has 0 saturated carbocycles. The van der Waals surface area contributed by atoms with Crippen LogP contribution >= 0.6 is 12.8 Å². The predicted octanol–water partition coefficient (Wildman–Crippen LogP) is 13.1. The molecule has 0 spiro atoms. The van der Waals surface area contributed by atoms with Crippen LogP contribution in [0.1, 0.15) is 11.1 Å². The fourth-order valence-electron chi connectivity index (χ4n) is 8.50. The van der Waals surface area contributed by atoms with Gasteiger partial charge in [-0.15, -0.1) is 0 Å². The SMILES string of the molecule is N=C1C=Cc2c(-c3ccccc3)nc3cc(-c4cccc(-c5cc(-c6cccc(-n7c8ccccc8c8ccccc87)c6)nc(-c6ccccc6)n5)c4)ccc3c2/C1=N/S. The second-order valence-electron chi connectivity index (χ2n) is 14.9. The number of para-hydroxylation sites is 2. The van der Waals surface area contributed by atoms with Gasteiger partial charge in [0, 0.05) is 55.2 Å². The van der Waals surface area contributed by atoms with E-state index in [-0.39, 0.29) is 0 Å². The normalized spacial score (nSPS) is 13.1. The van der Waals surface area contributed by atoms with Gasteiger partial charge < -0.3 is 4.57 Å². The lowest BCUT2D eigenvalue weighted by Gasteiger charge is -2.20. The molecule has 0 saturated heterocycles. The van der Waals surface area contributed by atoms with Crippen LogP contribution in [0, 0.1) is 5.41 Å². The number of hydrogen-bond acceptors (Lipinski definition) is 6. The molecule has 7 aromatic carbocycles. The summed E-state index contributed by atoms with van der Waals surface area (Å²) in [5.41, 5.74) is 15.3. The minimum absolute atomic E-state index is 0.318. The van der Waals surface area contributed by atoms with E-state index in [0.717, 1.165) is 89.2 Å². The van der Waals surface area contributed by atoms with E-state index >= 15 is 0 Å². The predicted molar refractivity (Wildman–Crippen MR) is 251 cm³/mol. The van der Waals surface area contributed by atoms with Crippen molar-refractivity contribution in [3.8, 4) is 62.0 Å². The van der Waals surface area contributed by atoms with Crippen LogP contribution in [0.3, 0.4) is 0 Å². The van der Waals surface area contributed by atoms with Gasteiger partial charge in [-0.2, -0.15) is 0 Å². The molecule has 7 heteroatoms. The first-order valence-electron chi connectivity index (χ1n) is 19.8. The molecule has 282 valence electrons. The zero-order chi connectivity index (χ0) is 40.2. The molecule has 10 aromatic rings. The first-order chi connectivity index (χ1) is 29.6. The Morgan fingerprint density at radius 3 is 1.75 bits per heavy atom. The maximum atomic E-state index is 8.65. The van der Waals surface area contributed by atoms with Crippen LogP contribution in [0.2, 0.25) is 0 Å². The highest BCUT2D eigenvalue weighted by Gasteiger charge is 2.24. The molecule has 1 aliphatic rings. The Morgan fingerprint density at radius 2 is 1.05 bits per heavy atom. The van der Waals surface area contributed by atoms with E-state index in [1.54, 1.807) is 6.08 Å². The zero-order valence-corrected chi connectivity index (χ0v) is 33.1. The van der Waals surface area contributed by atoms with Crippen molar-refractivity contribution in [3.63, 3.8) is 0 Å². The quantitative estimate of drug-likeness (QED) is 0.165. The fraction of sp³-hybridized carbons (Fsp3) is 0. The van der Waals surface area contributed by atoms with Crippen molar-refractivity contribution in [2.75, 3.05) is 0 Å². The molecule has 1 N–H and O–H groups in total. The third-order valence-electron chi connectivity index (χ3n) is 11.3. The molecule has 6 nitrogen and oxygen atoms in total. The molecular weight excluding hydrogens is 753 g/mol. The Labute approximate surface area is 352 Å². The number of thiol groups is 1. The minimum atomic E-state index is 0.318. The minimum Gasteiger partial charge on any atom is -0.309 e. The number of pyridine rings is 1. The molecule has 3 heterocycles. The van der Waals surface area contributed by atoms with Gasteiger partial charge in [-0.05, 0) is 78.6 Å². The zero-order valence-electron chi connectivity index (χ0n) is 32.2. The average molecular weight is 787 g/mol. The fourth-order valence-corrected chi connectivity index (χ4v) is 8.71. The molecule has 0 bridgehead atoms. The van der Waals surface area contributed by atoms with Crippen molar-refractivity contribution >= 4 is 63.0 Å². The first kappa shape index (κ1) is 35.4. The third kappa shape index (κ3) is 6.03. The van der Waals surface area contributed by atoms with Crippen LogP contribution in [0.25, 0.3) is 101 Å². The number of hydrogen-bond donors (Lipinski definition) is 2. The molecule has 60 heavy (non-hydrogen) atoms. The Bertz CT molecular complexity index is 3350. The molecule has 0 fully saturated rings. The molecule has 0 radical (unpaired) electrons. The monoisotopic (exact) mass is 786 g/mol. The Balaban J connectivity index is 1.04. The van der Waals surface area contributed by atoms with Gasteiger partial charge in [-0.1, -0.05) is 140 Å². The first-order valence-corrected chi connectivity index (χ1v) is 20.2. The van der Waals surface area contributed by atoms with Crippen LogP contribution in [-0.2, 0) is 0 Å². The van der Waals surface area contributed by atoms with E-state index in [1.165, 1.54) is 10.8 Å². The largest absolute Gasteiger partial charge is 0.309 e. The summed E-state index contributed by atoms with van der Waals surface area (Å²) in [5.74, 6) is 0.658. The van der Waals surface area contributed by atoms with Gasteiger partial charge in [0.25, 0.3) is 0 Å². The van der Waals surface area contributed by atoms with Gasteiger partial charge in [0.05, 0.1) is 39.3 Å². The van der Waals surface area contributed by atoms with E-state index < -0.39 is 0 Å². The number of aromatic nitrogens is 4. The number of fused-ring (bicyclic) bond motifs is 6. The van der Waals surface area contributed by atoms with Crippen molar-refractivity contribution in [2.45, 2.75) is 0 Å². The summed E-state index contributed by atoms with van der Waals surface area (Å²) in [6, 6.07) is 63.0. The molecule has 1 aliphatic carbocycles. The summed E-state index contributed by atoms with van der Waals surface area (Å²) >= 11 is 4.30. The van der Waals surface area contributed by atoms with Crippen LogP contribution in [0.5, 0.6) is 0 Å². The number of benzene rings is 7. The van der Waals surface area contributed by atoms with Crippen molar-refractivity contribution in [1.82, 2.24) is 19.5 Å². The summed E-state index contributed by atoms with van der Waals surface area (Å²) in [4.78, 5) is 15.6. The third-order valence-corrected chi connectivity index (χ3v) is 11.5. The summed E-state index contributed by atoms with van der Waals surface area (Å²) in [7, 11) is 0. The van der Waals surface area contributed by atoms with E-state index in [2.05, 4.69) is 167 Å². The standard InChI is InChI=1S/C53H34N6S/c54-44-28-27-43-50(52(44)58-60)42-26-25-36(31-47(42)55-51(43)33-13-3-1-4-14-33)35-17-11-18-37(29-35)45-32-46(57-53(56-45)34-15-5-2-6-16-34)38-19-12-20-39(30-38)59-48-23-9-7-21-40(48)41-22-8-10-24-49(41)59/h1-32,54,60H/b54-44?,58-52+. The van der Waals surface area contributed by atoms with Gasteiger partial charge in [0.15, 0.2) is 5.82 Å². The molecule has 11 rings (SSSR count). The van der Waals surface area contributed by atoms with Crippen LogP contribution in [-0.4, -0.2) is 30.9 Å². The lowest BCUT2D eigenvalue weighted by atomic mass is 9.87. The molecular formula is C53H34N6S. The number of rotatable bonds is 6. The van der Waals surface area contributed by atoms with Gasteiger partial charge in [0.2, 0.25) is 0 Å². The highest BCUT2D eigenvalue weighted by molar-refractivity contribution is 7.79. The van der Waals surface area contributed by atoms with E-state index in [4.69, 9.17) is 20.4 Å². The second-order valence-corrected chi connectivity index (χ2v) is 15.1. The van der Waals surface area contributed by atoms with Crippen molar-refractivity contribution in [2.24, 2.45) is 4.40 Å². The molecule has 0 atom stereocenters. The van der Waals surface area contributed by atoms with Crippen LogP contribution < -0.4 is 0 Å². The number of allylic oxidation sites excluding steroid dienone is 1. The van der Waals surface area contributed by atoms with Crippen molar-refractivity contribution in [3.05, 3.63) is 199 Å². The smallest absolute Gasteiger partial charge is 0.160 e. The Hall–Kier alpha value is -7.74. The van der Waals surface area contributed by atoms with E-state index in [1.807, 2.05) is 42.5 Å². The van der Waals surface area contributed by atoms with Crippen LogP contribution in [0.4, 0.5) is 0 Å². The Kier molecular flexibility index (Phi) is 8.60. The van der Waals surface area contributed by atoms with Gasteiger partial charge >= 0.3 is 0 Å². The van der Waals surface area contributed by atoms with Crippen LogP contribution in [0.15, 0.2) is 192 Å². The molecule has 3 aromatic heterocycles. The topological polar surface area (TPSA) is 79.8 Å². The van der Waals surface area contributed by atoms with Gasteiger partial charge in [0.1, 0.15) is 5.71 Å². The number of nitrogens with one attached hydrogen (secondary N) is 1. The Morgan fingerprint density at radius 1 is 0.467 bits per heavy atom. The summed E-state index contributed by atoms with van der Waals surface area (Å²) in [6.07, 6.45) is 3.73. The van der Waals surface area contributed by atoms with Gasteiger partial charge in [-0.25, -0.2) is 19.3 Å². The maximum Gasteiger partial charge on any atom is 0.160 e. The second kappa shape index (κ2) is 14.6. The van der Waals surface area contributed by atoms with E-state index in [9.17, 15) is 0 Å². The van der Waals surface area contributed by atoms with Gasteiger partial charge in [-0.3, -0.25) is 5.41 Å². The summed E-state index contributed by atoms with van der Waals surface area (Å²) in [5, 5.41) is 12.0. The molecule has 0 amide bonds. The molecule has 0 unspecified atom stereocenters. The maximum absolute atomic E-state index is 8.65. The van der Waals surface area contributed by atoms with Crippen molar-refractivity contribution < 1.29 is 0 Å². The lowest BCUT2D eigenvalue weighted by molar-refractivity contribution is 1.16. The molecule has 0 aliphatic heterocycles. The van der Waals surface area contributed by atoms with Crippen molar-refractivity contribution in [1.29, 1.82) is 5.41 Å². The number of nitrogens with zero attached hydrogens (tertiary/aromatic N) is 5. The van der Waals surface area contributed by atoms with E-state index in [0.29, 0.717) is 17.2 Å². The summed E-state index contributed by atoms with van der Waals surface area (Å²) < 4.78 is 6.61. The average Bonchev–Trinajstić information content (AvgIpc) is 3.66. The summed E-state index contributed by atoms with van der Waals surface area (Å²) in [6.45, 7) is 0. The highest BCUT2D eigenvalue weighted by atomic mass is 32.1. The lowest BCUT2D eigenvalue weighted by Crippen LogP contribution is -2.18. The highest BCUT2D eigenvalue weighted by Crippen LogP contribution is 2.38.